The molecule has 1 rings (SSSR count). The molecule has 0 fully saturated rings. The maximum Gasteiger partial charge on any atom is 0.374 e. The maximum absolute atomic E-state index is 12.6. The number of carboxylic acid groups (broad SMARTS) is 1. The topological polar surface area (TPSA) is 37.3 Å². The van der Waals surface area contributed by atoms with Crippen LogP contribution in [0, 0.1) is 5.82 Å². The molecule has 2 nitrogen and oxygen atoms in total. The lowest BCUT2D eigenvalue weighted by Gasteiger charge is -2.10. The molecule has 5 heteroatoms. The van der Waals surface area contributed by atoms with E-state index in [-0.39, 0.29) is 5.56 Å². The largest absolute Gasteiger partial charge is 0.477 e. The minimum atomic E-state index is -3.81. The maximum atomic E-state index is 12.6. The Kier molecular flexibility index (Phi) is 2.78. The molecule has 0 spiro atoms. The van der Waals surface area contributed by atoms with E-state index in [9.17, 15) is 18.0 Å². The number of benzene rings is 1. The Morgan fingerprint density at radius 2 is 1.79 bits per heavy atom. The van der Waals surface area contributed by atoms with E-state index in [1.54, 1.807) is 0 Å². The second-order valence-electron chi connectivity index (χ2n) is 2.81. The lowest BCUT2D eigenvalue weighted by Crippen LogP contribution is -2.30. The smallest absolute Gasteiger partial charge is 0.374 e. The fourth-order valence-electron chi connectivity index (χ4n) is 0.934. The third kappa shape index (κ3) is 2.48. The van der Waals surface area contributed by atoms with Gasteiger partial charge in [-0.25, -0.2) is 9.18 Å². The Hall–Kier alpha value is -1.52. The van der Waals surface area contributed by atoms with Crippen molar-refractivity contribution >= 4 is 5.97 Å². The van der Waals surface area contributed by atoms with Gasteiger partial charge in [-0.1, -0.05) is 12.1 Å². The van der Waals surface area contributed by atoms with Gasteiger partial charge in [-0.05, 0) is 17.7 Å². The highest BCUT2D eigenvalue weighted by Gasteiger charge is 2.38. The summed E-state index contributed by atoms with van der Waals surface area (Å²) in [6.45, 7) is 0. The second kappa shape index (κ2) is 3.69. The van der Waals surface area contributed by atoms with Crippen LogP contribution >= 0.6 is 0 Å². The summed E-state index contributed by atoms with van der Waals surface area (Å²) < 4.78 is 37.7. The Morgan fingerprint density at radius 3 is 2.21 bits per heavy atom. The Morgan fingerprint density at radius 1 is 1.29 bits per heavy atom. The normalized spacial score (nSPS) is 11.4. The van der Waals surface area contributed by atoms with Gasteiger partial charge in [-0.2, -0.15) is 8.78 Å². The molecule has 1 aromatic carbocycles. The molecule has 0 saturated heterocycles. The van der Waals surface area contributed by atoms with E-state index in [1.165, 1.54) is 0 Å². The molecule has 76 valence electrons. The van der Waals surface area contributed by atoms with E-state index in [2.05, 4.69) is 0 Å². The zero-order chi connectivity index (χ0) is 10.8. The molecule has 0 bridgehead atoms. The summed E-state index contributed by atoms with van der Waals surface area (Å²) in [4.78, 5) is 10.1. The van der Waals surface area contributed by atoms with Crippen LogP contribution in [0.15, 0.2) is 24.3 Å². The number of carbonyl (C=O) groups is 1. The van der Waals surface area contributed by atoms with Gasteiger partial charge in [-0.15, -0.1) is 0 Å². The van der Waals surface area contributed by atoms with E-state index in [0.717, 1.165) is 24.3 Å². The first kappa shape index (κ1) is 10.6. The molecule has 0 amide bonds. The Bertz CT molecular complexity index is 332. The molecule has 0 atom stereocenters. The fraction of sp³-hybridized carbons (Fsp3) is 0.222. The van der Waals surface area contributed by atoms with Crippen LogP contribution in [-0.2, 0) is 11.2 Å². The van der Waals surface area contributed by atoms with Gasteiger partial charge in [-0.3, -0.25) is 0 Å². The van der Waals surface area contributed by atoms with Crippen molar-refractivity contribution in [3.63, 3.8) is 0 Å². The molecule has 1 aromatic rings. The Labute approximate surface area is 78.0 Å². The van der Waals surface area contributed by atoms with E-state index in [1.807, 2.05) is 0 Å². The summed E-state index contributed by atoms with van der Waals surface area (Å²) >= 11 is 0. The number of aliphatic carboxylic acids is 1. The number of hydrogen-bond acceptors (Lipinski definition) is 1. The van der Waals surface area contributed by atoms with Gasteiger partial charge in [0.1, 0.15) is 5.82 Å². The van der Waals surface area contributed by atoms with Crippen molar-refractivity contribution in [1.82, 2.24) is 0 Å². The van der Waals surface area contributed by atoms with Gasteiger partial charge in [0, 0.05) is 6.42 Å². The average Bonchev–Trinajstić information content (AvgIpc) is 2.08. The van der Waals surface area contributed by atoms with Crippen molar-refractivity contribution in [2.24, 2.45) is 0 Å². The first-order valence-electron chi connectivity index (χ1n) is 3.77. The van der Waals surface area contributed by atoms with Crippen molar-refractivity contribution in [3.05, 3.63) is 35.6 Å². The monoisotopic (exact) mass is 204 g/mol. The van der Waals surface area contributed by atoms with Crippen molar-refractivity contribution in [1.29, 1.82) is 0 Å². The molecule has 0 unspecified atom stereocenters. The summed E-state index contributed by atoms with van der Waals surface area (Å²) in [7, 11) is 0. The number of alkyl halides is 2. The van der Waals surface area contributed by atoms with Crippen molar-refractivity contribution in [2.45, 2.75) is 12.3 Å². The molecular formula is C9H7F3O2. The lowest BCUT2D eigenvalue weighted by molar-refractivity contribution is -0.164. The van der Waals surface area contributed by atoms with E-state index in [4.69, 9.17) is 5.11 Å². The van der Waals surface area contributed by atoms with Crippen LogP contribution < -0.4 is 0 Å². The highest BCUT2D eigenvalue weighted by atomic mass is 19.3. The van der Waals surface area contributed by atoms with Gasteiger partial charge in [0.2, 0.25) is 0 Å². The quantitative estimate of drug-likeness (QED) is 0.818. The second-order valence-corrected chi connectivity index (χ2v) is 2.81. The van der Waals surface area contributed by atoms with Gasteiger partial charge in [0.15, 0.2) is 0 Å². The molecular weight excluding hydrogens is 197 g/mol. The van der Waals surface area contributed by atoms with Crippen LogP contribution in [0.1, 0.15) is 5.56 Å². The fourth-order valence-corrected chi connectivity index (χ4v) is 0.934. The van der Waals surface area contributed by atoms with Crippen LogP contribution in [0.3, 0.4) is 0 Å². The predicted molar refractivity (Wildman–Crippen MR) is 42.7 cm³/mol. The van der Waals surface area contributed by atoms with E-state index >= 15 is 0 Å². The van der Waals surface area contributed by atoms with Gasteiger partial charge < -0.3 is 5.11 Å². The predicted octanol–water partition coefficient (Wildman–Crippen LogP) is 2.09. The average molecular weight is 204 g/mol. The van der Waals surface area contributed by atoms with Crippen molar-refractivity contribution < 1.29 is 23.1 Å². The minimum Gasteiger partial charge on any atom is -0.477 e. The van der Waals surface area contributed by atoms with Crippen molar-refractivity contribution in [2.75, 3.05) is 0 Å². The van der Waals surface area contributed by atoms with Crippen molar-refractivity contribution in [3.8, 4) is 0 Å². The number of hydrogen-bond donors (Lipinski definition) is 1. The molecule has 14 heavy (non-hydrogen) atoms. The summed E-state index contributed by atoms with van der Waals surface area (Å²) in [5.41, 5.74) is 0.0822. The summed E-state index contributed by atoms with van der Waals surface area (Å²) in [6, 6.07) is 4.28. The standard InChI is InChI=1S/C9H7F3O2/c10-7-3-1-6(2-4-7)5-9(11,12)8(13)14/h1-4H,5H2,(H,13,14). The minimum absolute atomic E-state index is 0.0822. The number of rotatable bonds is 3. The van der Waals surface area contributed by atoms with Crippen LogP contribution in [0.2, 0.25) is 0 Å². The Balaban J connectivity index is 2.79. The van der Waals surface area contributed by atoms with Gasteiger partial charge >= 0.3 is 11.9 Å². The zero-order valence-electron chi connectivity index (χ0n) is 7.01. The summed E-state index contributed by atoms with van der Waals surface area (Å²) in [6.07, 6.45) is -0.928. The SMILES string of the molecule is O=C(O)C(F)(F)Cc1ccc(F)cc1. The van der Waals surface area contributed by atoms with Gasteiger partial charge in [0.05, 0.1) is 0 Å². The van der Waals surface area contributed by atoms with Crippen LogP contribution in [-0.4, -0.2) is 17.0 Å². The molecule has 1 N–H and O–H groups in total. The first-order chi connectivity index (χ1) is 6.42. The van der Waals surface area contributed by atoms with E-state index in [0.29, 0.717) is 0 Å². The molecule has 0 aromatic heterocycles. The van der Waals surface area contributed by atoms with E-state index < -0.39 is 24.1 Å². The molecule has 0 aliphatic carbocycles. The summed E-state index contributed by atoms with van der Waals surface area (Å²) in [5, 5.41) is 8.13. The third-order valence-electron chi connectivity index (χ3n) is 1.65. The third-order valence-corrected chi connectivity index (χ3v) is 1.65. The first-order valence-corrected chi connectivity index (χ1v) is 3.77. The van der Waals surface area contributed by atoms with Crippen LogP contribution in [0.25, 0.3) is 0 Å². The molecule has 0 heterocycles. The molecule has 0 aliphatic heterocycles. The van der Waals surface area contributed by atoms with Gasteiger partial charge in [0.25, 0.3) is 0 Å². The highest BCUT2D eigenvalue weighted by molar-refractivity contribution is 5.75. The number of halogens is 3. The zero-order valence-corrected chi connectivity index (χ0v) is 7.01. The molecule has 0 radical (unpaired) electrons. The van der Waals surface area contributed by atoms with Crippen LogP contribution in [0.4, 0.5) is 13.2 Å². The van der Waals surface area contributed by atoms with Crippen LogP contribution in [0.5, 0.6) is 0 Å². The molecule has 0 aliphatic rings. The highest BCUT2D eigenvalue weighted by Crippen LogP contribution is 2.20. The molecule has 0 saturated carbocycles. The summed E-state index contributed by atoms with van der Waals surface area (Å²) in [5.74, 6) is -6.54. The number of carboxylic acids is 1. The lowest BCUT2D eigenvalue weighted by atomic mass is 10.1.